The van der Waals surface area contributed by atoms with Gasteiger partial charge in [0.1, 0.15) is 5.82 Å². The summed E-state index contributed by atoms with van der Waals surface area (Å²) in [5.41, 5.74) is 5.49. The molecule has 0 spiro atoms. The summed E-state index contributed by atoms with van der Waals surface area (Å²) in [6, 6.07) is 3.17. The molecule has 0 aliphatic heterocycles. The highest BCUT2D eigenvalue weighted by Crippen LogP contribution is 2.15. The molecule has 0 radical (unpaired) electrons. The normalized spacial score (nSPS) is 11.9. The molecule has 1 atom stereocenters. The minimum atomic E-state index is -1.38. The quantitative estimate of drug-likeness (QED) is 0.735. The Morgan fingerprint density at radius 1 is 1.47 bits per heavy atom. The van der Waals surface area contributed by atoms with Crippen LogP contribution in [-0.4, -0.2) is 23.0 Å². The third kappa shape index (κ3) is 4.67. The molecular weight excluding hydrogens is 251 g/mol. The summed E-state index contributed by atoms with van der Waals surface area (Å²) in [7, 11) is 0. The summed E-state index contributed by atoms with van der Waals surface area (Å²) in [4.78, 5) is 22.4. The SMILES string of the molecule is CCCC(N)CC(=O)Nc1ccc(F)c(C(=O)O)c1. The van der Waals surface area contributed by atoms with E-state index in [0.29, 0.717) is 0 Å². The van der Waals surface area contributed by atoms with Crippen LogP contribution in [0.4, 0.5) is 10.1 Å². The minimum Gasteiger partial charge on any atom is -0.478 e. The summed E-state index contributed by atoms with van der Waals surface area (Å²) in [6.07, 6.45) is 1.76. The van der Waals surface area contributed by atoms with Gasteiger partial charge in [-0.15, -0.1) is 0 Å². The molecular formula is C13H17FN2O3. The van der Waals surface area contributed by atoms with E-state index in [1.54, 1.807) is 0 Å². The summed E-state index contributed by atoms with van der Waals surface area (Å²) in [6.45, 7) is 1.97. The van der Waals surface area contributed by atoms with Gasteiger partial charge in [0.05, 0.1) is 5.56 Å². The van der Waals surface area contributed by atoms with Crippen LogP contribution in [0.1, 0.15) is 36.5 Å². The number of benzene rings is 1. The maximum absolute atomic E-state index is 13.2. The fourth-order valence-electron chi connectivity index (χ4n) is 1.69. The van der Waals surface area contributed by atoms with Gasteiger partial charge in [0.15, 0.2) is 0 Å². The Labute approximate surface area is 110 Å². The highest BCUT2D eigenvalue weighted by atomic mass is 19.1. The van der Waals surface area contributed by atoms with Crippen LogP contribution in [0.3, 0.4) is 0 Å². The van der Waals surface area contributed by atoms with Crippen LogP contribution in [0.25, 0.3) is 0 Å². The van der Waals surface area contributed by atoms with Gasteiger partial charge in [-0.2, -0.15) is 0 Å². The summed E-state index contributed by atoms with van der Waals surface area (Å²) >= 11 is 0. The van der Waals surface area contributed by atoms with E-state index >= 15 is 0 Å². The first-order valence-electron chi connectivity index (χ1n) is 6.02. The lowest BCUT2D eigenvalue weighted by atomic mass is 10.1. The Morgan fingerprint density at radius 2 is 2.16 bits per heavy atom. The molecule has 5 nitrogen and oxygen atoms in total. The molecule has 1 aromatic carbocycles. The first-order chi connectivity index (χ1) is 8.93. The maximum atomic E-state index is 13.2. The van der Waals surface area contributed by atoms with Crippen LogP contribution in [0, 0.1) is 5.82 Å². The van der Waals surface area contributed by atoms with Crippen molar-refractivity contribution in [2.45, 2.75) is 32.2 Å². The Kier molecular flexibility index (Phi) is 5.44. The molecule has 0 aliphatic carbocycles. The van der Waals surface area contributed by atoms with Crippen LogP contribution in [0.15, 0.2) is 18.2 Å². The average molecular weight is 268 g/mol. The molecule has 1 rings (SSSR count). The van der Waals surface area contributed by atoms with Crippen molar-refractivity contribution in [3.63, 3.8) is 0 Å². The maximum Gasteiger partial charge on any atom is 0.338 e. The van der Waals surface area contributed by atoms with E-state index in [-0.39, 0.29) is 24.1 Å². The van der Waals surface area contributed by atoms with Crippen LogP contribution < -0.4 is 11.1 Å². The number of aromatic carboxylic acids is 1. The Bertz CT molecular complexity index is 477. The van der Waals surface area contributed by atoms with Gasteiger partial charge in [-0.1, -0.05) is 13.3 Å². The monoisotopic (exact) mass is 268 g/mol. The number of rotatable bonds is 6. The number of hydrogen-bond acceptors (Lipinski definition) is 3. The molecule has 0 bridgehead atoms. The first kappa shape index (κ1) is 15.1. The van der Waals surface area contributed by atoms with Gasteiger partial charge >= 0.3 is 5.97 Å². The molecule has 0 aliphatic rings. The van der Waals surface area contributed by atoms with Crippen molar-refractivity contribution in [3.8, 4) is 0 Å². The second-order valence-corrected chi connectivity index (χ2v) is 4.30. The van der Waals surface area contributed by atoms with E-state index < -0.39 is 17.3 Å². The topological polar surface area (TPSA) is 92.4 Å². The van der Waals surface area contributed by atoms with E-state index in [9.17, 15) is 14.0 Å². The number of carboxylic acids is 1. The Balaban J connectivity index is 2.69. The number of nitrogens with two attached hydrogens (primary N) is 1. The van der Waals surface area contributed by atoms with Crippen molar-refractivity contribution in [3.05, 3.63) is 29.6 Å². The molecule has 1 unspecified atom stereocenters. The molecule has 19 heavy (non-hydrogen) atoms. The Hall–Kier alpha value is -1.95. The minimum absolute atomic E-state index is 0.146. The zero-order chi connectivity index (χ0) is 14.4. The molecule has 0 saturated heterocycles. The van der Waals surface area contributed by atoms with Gasteiger partial charge in [0.25, 0.3) is 0 Å². The van der Waals surface area contributed by atoms with Gasteiger partial charge in [-0.05, 0) is 24.6 Å². The zero-order valence-electron chi connectivity index (χ0n) is 10.6. The van der Waals surface area contributed by atoms with Crippen LogP contribution in [0.5, 0.6) is 0 Å². The molecule has 104 valence electrons. The van der Waals surface area contributed by atoms with Crippen molar-refractivity contribution in [1.29, 1.82) is 0 Å². The number of nitrogens with one attached hydrogen (secondary N) is 1. The van der Waals surface area contributed by atoms with Crippen molar-refractivity contribution in [2.75, 3.05) is 5.32 Å². The van der Waals surface area contributed by atoms with E-state index in [0.717, 1.165) is 25.0 Å². The number of hydrogen-bond donors (Lipinski definition) is 3. The predicted molar refractivity (Wildman–Crippen MR) is 69.5 cm³/mol. The number of carbonyl (C=O) groups excluding carboxylic acids is 1. The second-order valence-electron chi connectivity index (χ2n) is 4.30. The van der Waals surface area contributed by atoms with Crippen LogP contribution in [0.2, 0.25) is 0 Å². The molecule has 0 fully saturated rings. The van der Waals surface area contributed by atoms with E-state index in [2.05, 4.69) is 5.32 Å². The summed E-state index contributed by atoms with van der Waals surface area (Å²) in [5.74, 6) is -2.53. The molecule has 4 N–H and O–H groups in total. The third-order valence-corrected chi connectivity index (χ3v) is 2.59. The molecule has 1 aromatic rings. The zero-order valence-corrected chi connectivity index (χ0v) is 10.6. The van der Waals surface area contributed by atoms with Gasteiger partial charge in [-0.25, -0.2) is 9.18 Å². The molecule has 0 saturated carbocycles. The van der Waals surface area contributed by atoms with E-state index in [1.165, 1.54) is 6.07 Å². The average Bonchev–Trinajstić information content (AvgIpc) is 2.31. The van der Waals surface area contributed by atoms with Gasteiger partial charge < -0.3 is 16.2 Å². The van der Waals surface area contributed by atoms with Gasteiger partial charge in [0.2, 0.25) is 5.91 Å². The standard InChI is InChI=1S/C13H17FN2O3/c1-2-3-8(15)6-12(17)16-9-4-5-11(14)10(7-9)13(18)19/h4-5,7-8H,2-3,6,15H2,1H3,(H,16,17)(H,18,19). The first-order valence-corrected chi connectivity index (χ1v) is 6.02. The number of anilines is 1. The van der Waals surface area contributed by atoms with E-state index in [1.807, 2.05) is 6.92 Å². The summed E-state index contributed by atoms with van der Waals surface area (Å²) in [5, 5.41) is 11.3. The smallest absolute Gasteiger partial charge is 0.338 e. The van der Waals surface area contributed by atoms with Crippen LogP contribution in [-0.2, 0) is 4.79 Å². The lowest BCUT2D eigenvalue weighted by Crippen LogP contribution is -2.26. The highest BCUT2D eigenvalue weighted by Gasteiger charge is 2.13. The molecule has 0 aromatic heterocycles. The lowest BCUT2D eigenvalue weighted by Gasteiger charge is -2.11. The predicted octanol–water partition coefficient (Wildman–Crippen LogP) is 1.98. The van der Waals surface area contributed by atoms with Crippen molar-refractivity contribution in [2.24, 2.45) is 5.73 Å². The number of halogens is 1. The largest absolute Gasteiger partial charge is 0.478 e. The van der Waals surface area contributed by atoms with Gasteiger partial charge in [0, 0.05) is 18.2 Å². The summed E-state index contributed by atoms with van der Waals surface area (Å²) < 4.78 is 13.2. The van der Waals surface area contributed by atoms with Crippen molar-refractivity contribution in [1.82, 2.24) is 0 Å². The van der Waals surface area contributed by atoms with Crippen molar-refractivity contribution < 1.29 is 19.1 Å². The van der Waals surface area contributed by atoms with Crippen molar-refractivity contribution >= 4 is 17.6 Å². The van der Waals surface area contributed by atoms with Crippen LogP contribution >= 0.6 is 0 Å². The molecule has 1 amide bonds. The number of carboxylic acid groups (broad SMARTS) is 1. The fraction of sp³-hybridized carbons (Fsp3) is 0.385. The number of amides is 1. The second kappa shape index (κ2) is 6.84. The van der Waals surface area contributed by atoms with Gasteiger partial charge in [-0.3, -0.25) is 4.79 Å². The lowest BCUT2D eigenvalue weighted by molar-refractivity contribution is -0.116. The highest BCUT2D eigenvalue weighted by molar-refractivity contribution is 5.94. The molecule has 0 heterocycles. The fourth-order valence-corrected chi connectivity index (χ4v) is 1.69. The van der Waals surface area contributed by atoms with E-state index in [4.69, 9.17) is 10.8 Å². The third-order valence-electron chi connectivity index (χ3n) is 2.59. The molecule has 6 heteroatoms. The Morgan fingerprint density at radius 3 is 2.74 bits per heavy atom. The number of carbonyl (C=O) groups is 2.